The zero-order valence-electron chi connectivity index (χ0n) is 11.9. The molecule has 23 heavy (non-hydrogen) atoms. The van der Waals surface area contributed by atoms with Gasteiger partial charge < -0.3 is 9.14 Å². The lowest BCUT2D eigenvalue weighted by molar-refractivity contribution is 0.440. The first-order chi connectivity index (χ1) is 11.3. The number of benzene rings is 1. The van der Waals surface area contributed by atoms with Crippen molar-refractivity contribution in [3.05, 3.63) is 73.2 Å². The molecule has 5 nitrogen and oxygen atoms in total. The smallest absolute Gasteiger partial charge is 0.321 e. The molecule has 0 aliphatic rings. The lowest BCUT2D eigenvalue weighted by Crippen LogP contribution is -1.93. The van der Waals surface area contributed by atoms with E-state index in [1.807, 2.05) is 28.9 Å². The first-order valence-electron chi connectivity index (χ1n) is 6.96. The molecule has 0 radical (unpaired) electrons. The van der Waals surface area contributed by atoms with E-state index in [9.17, 15) is 4.39 Å². The molecule has 0 aliphatic heterocycles. The summed E-state index contributed by atoms with van der Waals surface area (Å²) in [5, 5.41) is 0. The van der Waals surface area contributed by atoms with Crippen LogP contribution in [0, 0.1) is 5.82 Å². The highest BCUT2D eigenvalue weighted by atomic mass is 19.1. The van der Waals surface area contributed by atoms with Crippen molar-refractivity contribution in [3.63, 3.8) is 0 Å². The second kappa shape index (κ2) is 5.49. The van der Waals surface area contributed by atoms with Crippen LogP contribution in [0.5, 0.6) is 11.8 Å². The average molecular weight is 306 g/mol. The van der Waals surface area contributed by atoms with E-state index in [1.54, 1.807) is 18.6 Å². The van der Waals surface area contributed by atoms with Gasteiger partial charge in [-0.25, -0.2) is 19.3 Å². The van der Waals surface area contributed by atoms with Gasteiger partial charge in [-0.3, -0.25) is 0 Å². The molecular weight excluding hydrogens is 295 g/mol. The van der Waals surface area contributed by atoms with Gasteiger partial charge in [0.15, 0.2) is 0 Å². The second-order valence-corrected chi connectivity index (χ2v) is 4.92. The number of nitrogens with zero attached hydrogens (tertiary/aromatic N) is 4. The summed E-state index contributed by atoms with van der Waals surface area (Å²) in [4.78, 5) is 12.6. The number of hydrogen-bond acceptors (Lipinski definition) is 4. The van der Waals surface area contributed by atoms with E-state index >= 15 is 0 Å². The summed E-state index contributed by atoms with van der Waals surface area (Å²) >= 11 is 0. The predicted molar refractivity (Wildman–Crippen MR) is 82.7 cm³/mol. The van der Waals surface area contributed by atoms with Crippen molar-refractivity contribution in [3.8, 4) is 22.9 Å². The van der Waals surface area contributed by atoms with Gasteiger partial charge in [0.2, 0.25) is 0 Å². The van der Waals surface area contributed by atoms with Crippen LogP contribution in [0.15, 0.2) is 67.4 Å². The zero-order chi connectivity index (χ0) is 15.6. The minimum absolute atomic E-state index is 0.212. The summed E-state index contributed by atoms with van der Waals surface area (Å²) in [7, 11) is 0. The third-order valence-corrected chi connectivity index (χ3v) is 3.37. The van der Waals surface area contributed by atoms with Crippen LogP contribution in [-0.2, 0) is 0 Å². The van der Waals surface area contributed by atoms with Crippen LogP contribution < -0.4 is 4.74 Å². The average Bonchev–Trinajstić information content (AvgIpc) is 3.05. The zero-order valence-corrected chi connectivity index (χ0v) is 11.9. The molecule has 0 bridgehead atoms. The molecule has 112 valence electrons. The van der Waals surface area contributed by atoms with Crippen LogP contribution in [0.4, 0.5) is 4.39 Å². The summed E-state index contributed by atoms with van der Waals surface area (Å²) in [5.41, 5.74) is 2.72. The standard InChI is InChI=1S/C17H11FN4O/c18-14-2-4-15(5-3-14)23-17-20-9-13(10-21-17)12-1-6-16-19-7-8-22(16)11-12/h1-11H. The van der Waals surface area contributed by atoms with E-state index < -0.39 is 0 Å². The Kier molecular flexibility index (Phi) is 3.20. The van der Waals surface area contributed by atoms with Crippen molar-refractivity contribution in [1.29, 1.82) is 0 Å². The number of fused-ring (bicyclic) bond motifs is 1. The molecule has 4 rings (SSSR count). The summed E-state index contributed by atoms with van der Waals surface area (Å²) in [5.74, 6) is 0.169. The van der Waals surface area contributed by atoms with Crippen molar-refractivity contribution in [2.75, 3.05) is 0 Å². The molecule has 4 aromatic rings. The predicted octanol–water partition coefficient (Wildman–Crippen LogP) is 3.72. The number of rotatable bonds is 3. The van der Waals surface area contributed by atoms with Gasteiger partial charge in [0.05, 0.1) is 0 Å². The van der Waals surface area contributed by atoms with Gasteiger partial charge in [-0.1, -0.05) is 0 Å². The third kappa shape index (κ3) is 2.74. The Labute approximate surface area is 131 Å². The normalized spacial score (nSPS) is 10.8. The number of pyridine rings is 1. The Morgan fingerprint density at radius 2 is 1.65 bits per heavy atom. The van der Waals surface area contributed by atoms with Gasteiger partial charge in [-0.2, -0.15) is 0 Å². The van der Waals surface area contributed by atoms with Gasteiger partial charge >= 0.3 is 6.01 Å². The highest BCUT2D eigenvalue weighted by Gasteiger charge is 2.04. The topological polar surface area (TPSA) is 52.3 Å². The molecule has 3 aromatic heterocycles. The minimum Gasteiger partial charge on any atom is -0.424 e. The van der Waals surface area contributed by atoms with Crippen LogP contribution in [-0.4, -0.2) is 19.4 Å². The van der Waals surface area contributed by atoms with Crippen molar-refractivity contribution < 1.29 is 9.13 Å². The van der Waals surface area contributed by atoms with E-state index in [-0.39, 0.29) is 11.8 Å². The van der Waals surface area contributed by atoms with Crippen LogP contribution in [0.2, 0.25) is 0 Å². The molecule has 0 fully saturated rings. The van der Waals surface area contributed by atoms with Crippen LogP contribution in [0.1, 0.15) is 0 Å². The summed E-state index contributed by atoms with van der Waals surface area (Å²) < 4.78 is 20.3. The Morgan fingerprint density at radius 3 is 2.43 bits per heavy atom. The van der Waals surface area contributed by atoms with Crippen molar-refractivity contribution in [2.45, 2.75) is 0 Å². The molecule has 0 saturated carbocycles. The molecule has 0 amide bonds. The summed E-state index contributed by atoms with van der Waals surface area (Å²) in [6.45, 7) is 0. The lowest BCUT2D eigenvalue weighted by Gasteiger charge is -2.05. The second-order valence-electron chi connectivity index (χ2n) is 4.92. The fourth-order valence-corrected chi connectivity index (χ4v) is 2.22. The Balaban J connectivity index is 1.58. The fraction of sp³-hybridized carbons (Fsp3) is 0. The largest absolute Gasteiger partial charge is 0.424 e. The maximum atomic E-state index is 12.9. The first kappa shape index (κ1) is 13.4. The number of aromatic nitrogens is 4. The monoisotopic (exact) mass is 306 g/mol. The van der Waals surface area contributed by atoms with Crippen molar-refractivity contribution >= 4 is 5.65 Å². The Morgan fingerprint density at radius 1 is 0.870 bits per heavy atom. The highest BCUT2D eigenvalue weighted by molar-refractivity contribution is 5.63. The van der Waals surface area contributed by atoms with Crippen LogP contribution in [0.3, 0.4) is 0 Å². The molecular formula is C17H11FN4O. The quantitative estimate of drug-likeness (QED) is 0.579. The molecule has 0 aliphatic carbocycles. The molecule has 0 unspecified atom stereocenters. The van der Waals surface area contributed by atoms with E-state index in [0.29, 0.717) is 5.75 Å². The SMILES string of the molecule is Fc1ccc(Oc2ncc(-c3ccc4nccn4c3)cn2)cc1. The molecule has 3 heterocycles. The third-order valence-electron chi connectivity index (χ3n) is 3.37. The van der Waals surface area contributed by atoms with Gasteiger partial charge in [-0.15, -0.1) is 0 Å². The van der Waals surface area contributed by atoms with Gasteiger partial charge in [-0.05, 0) is 36.4 Å². The fourth-order valence-electron chi connectivity index (χ4n) is 2.22. The number of halogens is 1. The molecule has 0 saturated heterocycles. The van der Waals surface area contributed by atoms with Gasteiger partial charge in [0.1, 0.15) is 17.2 Å². The summed E-state index contributed by atoms with van der Waals surface area (Å²) in [6, 6.07) is 9.80. The number of imidazole rings is 1. The Bertz CT molecular complexity index is 948. The van der Waals surface area contributed by atoms with Crippen molar-refractivity contribution in [1.82, 2.24) is 19.4 Å². The van der Waals surface area contributed by atoms with E-state index in [0.717, 1.165) is 16.8 Å². The van der Waals surface area contributed by atoms with Gasteiger partial charge in [0.25, 0.3) is 0 Å². The number of ether oxygens (including phenoxy) is 1. The minimum atomic E-state index is -0.316. The van der Waals surface area contributed by atoms with E-state index in [1.165, 1.54) is 24.3 Å². The molecule has 0 spiro atoms. The van der Waals surface area contributed by atoms with E-state index in [2.05, 4.69) is 15.0 Å². The Hall–Kier alpha value is -3.28. The van der Waals surface area contributed by atoms with Crippen molar-refractivity contribution in [2.24, 2.45) is 0 Å². The molecule has 0 atom stereocenters. The molecule has 6 heteroatoms. The maximum absolute atomic E-state index is 12.9. The van der Waals surface area contributed by atoms with Crippen LogP contribution >= 0.6 is 0 Å². The van der Waals surface area contributed by atoms with Gasteiger partial charge in [0, 0.05) is 42.1 Å². The summed E-state index contributed by atoms with van der Waals surface area (Å²) in [6.07, 6.45) is 8.95. The number of hydrogen-bond donors (Lipinski definition) is 0. The first-order valence-corrected chi connectivity index (χ1v) is 6.96. The van der Waals surface area contributed by atoms with E-state index in [4.69, 9.17) is 4.74 Å². The molecule has 1 aromatic carbocycles. The highest BCUT2D eigenvalue weighted by Crippen LogP contribution is 2.22. The lowest BCUT2D eigenvalue weighted by atomic mass is 10.1. The maximum Gasteiger partial charge on any atom is 0.321 e. The molecule has 0 N–H and O–H groups in total. The van der Waals surface area contributed by atoms with Crippen LogP contribution in [0.25, 0.3) is 16.8 Å².